The summed E-state index contributed by atoms with van der Waals surface area (Å²) < 4.78 is 25.7. The van der Waals surface area contributed by atoms with Gasteiger partial charge < -0.3 is 10.0 Å². The molecule has 1 aromatic carbocycles. The van der Waals surface area contributed by atoms with E-state index >= 15 is 0 Å². The Kier molecular flexibility index (Phi) is 3.99. The highest BCUT2D eigenvalue weighted by Crippen LogP contribution is 2.32. The van der Waals surface area contributed by atoms with E-state index in [1.165, 1.54) is 12.1 Å². The Balaban J connectivity index is 2.16. The van der Waals surface area contributed by atoms with Crippen molar-refractivity contribution in [2.45, 2.75) is 25.4 Å². The van der Waals surface area contributed by atoms with E-state index in [4.69, 9.17) is 0 Å². The second kappa shape index (κ2) is 5.31. The zero-order chi connectivity index (χ0) is 12.4. The minimum atomic E-state index is -2.44. The molecule has 1 aromatic rings. The van der Waals surface area contributed by atoms with Crippen LogP contribution in [-0.2, 0) is 0 Å². The molecule has 0 atom stereocenters. The summed E-state index contributed by atoms with van der Waals surface area (Å²) in [5.41, 5.74) is 0.943. The Labute approximate surface area is 107 Å². The van der Waals surface area contributed by atoms with E-state index in [1.54, 1.807) is 6.07 Å². The highest BCUT2D eigenvalue weighted by atomic mass is 79.9. The number of piperidine rings is 1. The van der Waals surface area contributed by atoms with Crippen molar-refractivity contribution >= 4 is 21.6 Å². The zero-order valence-electron chi connectivity index (χ0n) is 9.24. The maximum atomic E-state index is 12.5. The molecule has 0 bridgehead atoms. The molecule has 1 aliphatic rings. The van der Waals surface area contributed by atoms with Crippen LogP contribution >= 0.6 is 15.9 Å². The van der Waals surface area contributed by atoms with Crippen LogP contribution in [0.5, 0.6) is 0 Å². The number of hydrogen-bond donors (Lipinski definition) is 1. The normalized spacial score (nSPS) is 17.8. The number of anilines is 1. The molecule has 1 heterocycles. The van der Waals surface area contributed by atoms with Gasteiger partial charge in [-0.1, -0.05) is 6.07 Å². The van der Waals surface area contributed by atoms with E-state index < -0.39 is 6.43 Å². The van der Waals surface area contributed by atoms with Gasteiger partial charge in [0, 0.05) is 23.1 Å². The molecule has 0 radical (unpaired) electrons. The van der Waals surface area contributed by atoms with Crippen LogP contribution < -0.4 is 4.90 Å². The Morgan fingerprint density at radius 3 is 2.47 bits per heavy atom. The molecule has 0 amide bonds. The van der Waals surface area contributed by atoms with Gasteiger partial charge in [-0.15, -0.1) is 0 Å². The number of benzene rings is 1. The first kappa shape index (κ1) is 12.8. The van der Waals surface area contributed by atoms with Crippen molar-refractivity contribution in [3.63, 3.8) is 0 Å². The highest BCUT2D eigenvalue weighted by Gasteiger charge is 2.19. The monoisotopic (exact) mass is 305 g/mol. The largest absolute Gasteiger partial charge is 0.393 e. The summed E-state index contributed by atoms with van der Waals surface area (Å²) in [6.45, 7) is 1.52. The molecule has 1 N–H and O–H groups in total. The van der Waals surface area contributed by atoms with Crippen molar-refractivity contribution in [1.29, 1.82) is 0 Å². The van der Waals surface area contributed by atoms with E-state index in [2.05, 4.69) is 20.8 Å². The SMILES string of the molecule is OC1CCN(c2ccc(C(F)F)cc2Br)CC1. The summed E-state index contributed by atoms with van der Waals surface area (Å²) in [6, 6.07) is 4.63. The Morgan fingerprint density at radius 1 is 1.29 bits per heavy atom. The van der Waals surface area contributed by atoms with Crippen LogP contribution in [0, 0.1) is 0 Å². The number of nitrogens with zero attached hydrogens (tertiary/aromatic N) is 1. The number of rotatable bonds is 2. The van der Waals surface area contributed by atoms with Crippen molar-refractivity contribution in [3.8, 4) is 0 Å². The fraction of sp³-hybridized carbons (Fsp3) is 0.500. The predicted octanol–water partition coefficient (Wildman–Crippen LogP) is 3.35. The van der Waals surface area contributed by atoms with Gasteiger partial charge in [0.05, 0.1) is 11.8 Å². The number of aliphatic hydroxyl groups is 1. The molecule has 0 unspecified atom stereocenters. The fourth-order valence-corrected chi connectivity index (χ4v) is 2.67. The lowest BCUT2D eigenvalue weighted by Crippen LogP contribution is -2.35. The molecular weight excluding hydrogens is 292 g/mol. The topological polar surface area (TPSA) is 23.5 Å². The third kappa shape index (κ3) is 2.96. The van der Waals surface area contributed by atoms with Gasteiger partial charge in [0.25, 0.3) is 6.43 Å². The highest BCUT2D eigenvalue weighted by molar-refractivity contribution is 9.10. The van der Waals surface area contributed by atoms with Crippen LogP contribution in [0.25, 0.3) is 0 Å². The van der Waals surface area contributed by atoms with Crippen LogP contribution in [-0.4, -0.2) is 24.3 Å². The molecule has 0 aromatic heterocycles. The van der Waals surface area contributed by atoms with Crippen molar-refractivity contribution < 1.29 is 13.9 Å². The van der Waals surface area contributed by atoms with Gasteiger partial charge in [-0.2, -0.15) is 0 Å². The first-order chi connectivity index (χ1) is 8.08. The van der Waals surface area contributed by atoms with Gasteiger partial charge in [-0.3, -0.25) is 0 Å². The van der Waals surface area contributed by atoms with Crippen molar-refractivity contribution in [1.82, 2.24) is 0 Å². The van der Waals surface area contributed by atoms with E-state index in [9.17, 15) is 13.9 Å². The van der Waals surface area contributed by atoms with Gasteiger partial charge in [0.15, 0.2) is 0 Å². The summed E-state index contributed by atoms with van der Waals surface area (Å²) in [7, 11) is 0. The first-order valence-electron chi connectivity index (χ1n) is 5.58. The first-order valence-corrected chi connectivity index (χ1v) is 6.38. The zero-order valence-corrected chi connectivity index (χ0v) is 10.8. The molecule has 17 heavy (non-hydrogen) atoms. The van der Waals surface area contributed by atoms with Gasteiger partial charge >= 0.3 is 0 Å². The van der Waals surface area contributed by atoms with Gasteiger partial charge in [0.2, 0.25) is 0 Å². The maximum Gasteiger partial charge on any atom is 0.263 e. The molecule has 2 nitrogen and oxygen atoms in total. The fourth-order valence-electron chi connectivity index (χ4n) is 2.02. The summed E-state index contributed by atoms with van der Waals surface area (Å²) in [5, 5.41) is 9.42. The molecule has 0 aliphatic carbocycles. The van der Waals surface area contributed by atoms with E-state index in [0.29, 0.717) is 4.47 Å². The lowest BCUT2D eigenvalue weighted by Gasteiger charge is -2.32. The second-order valence-electron chi connectivity index (χ2n) is 4.23. The van der Waals surface area contributed by atoms with E-state index in [-0.39, 0.29) is 11.7 Å². The number of aliphatic hydroxyl groups excluding tert-OH is 1. The summed E-state index contributed by atoms with van der Waals surface area (Å²) in [4.78, 5) is 2.10. The predicted molar refractivity (Wildman–Crippen MR) is 66.6 cm³/mol. The van der Waals surface area contributed by atoms with Gasteiger partial charge in [-0.05, 0) is 40.9 Å². The Bertz CT molecular complexity index is 392. The molecule has 1 fully saturated rings. The minimum absolute atomic E-state index is 0.0256. The average Bonchev–Trinajstić information content (AvgIpc) is 2.30. The lowest BCUT2D eigenvalue weighted by atomic mass is 10.1. The Hall–Kier alpha value is -0.680. The van der Waals surface area contributed by atoms with Crippen molar-refractivity contribution in [2.75, 3.05) is 18.0 Å². The van der Waals surface area contributed by atoms with Gasteiger partial charge in [-0.25, -0.2) is 8.78 Å². The van der Waals surface area contributed by atoms with Crippen LogP contribution in [0.3, 0.4) is 0 Å². The third-order valence-corrected chi connectivity index (χ3v) is 3.66. The molecule has 1 aliphatic heterocycles. The van der Waals surface area contributed by atoms with Crippen molar-refractivity contribution in [2.24, 2.45) is 0 Å². The summed E-state index contributed by atoms with van der Waals surface area (Å²) in [6.07, 6.45) is -1.22. The molecule has 0 spiro atoms. The Morgan fingerprint density at radius 2 is 1.94 bits per heavy atom. The molecule has 0 saturated carbocycles. The summed E-state index contributed by atoms with van der Waals surface area (Å²) >= 11 is 3.33. The van der Waals surface area contributed by atoms with E-state index in [0.717, 1.165) is 31.6 Å². The lowest BCUT2D eigenvalue weighted by molar-refractivity contribution is 0.145. The number of alkyl halides is 2. The quantitative estimate of drug-likeness (QED) is 0.906. The van der Waals surface area contributed by atoms with Gasteiger partial charge in [0.1, 0.15) is 0 Å². The molecule has 1 saturated heterocycles. The average molecular weight is 306 g/mol. The maximum absolute atomic E-state index is 12.5. The smallest absolute Gasteiger partial charge is 0.263 e. The molecule has 2 rings (SSSR count). The van der Waals surface area contributed by atoms with E-state index in [1.807, 2.05) is 0 Å². The standard InChI is InChI=1S/C12H14BrF2NO/c13-10-7-8(12(14)15)1-2-11(10)16-5-3-9(17)4-6-16/h1-2,7,9,12,17H,3-6H2. The van der Waals surface area contributed by atoms with Crippen LogP contribution in [0.15, 0.2) is 22.7 Å². The van der Waals surface area contributed by atoms with Crippen LogP contribution in [0.2, 0.25) is 0 Å². The third-order valence-electron chi connectivity index (χ3n) is 3.03. The number of hydrogen-bond acceptors (Lipinski definition) is 2. The minimum Gasteiger partial charge on any atom is -0.393 e. The van der Waals surface area contributed by atoms with Crippen LogP contribution in [0.1, 0.15) is 24.8 Å². The second-order valence-corrected chi connectivity index (χ2v) is 5.08. The molecular formula is C12H14BrF2NO. The van der Waals surface area contributed by atoms with Crippen molar-refractivity contribution in [3.05, 3.63) is 28.2 Å². The van der Waals surface area contributed by atoms with Crippen LogP contribution in [0.4, 0.5) is 14.5 Å². The molecule has 94 valence electrons. The number of halogens is 3. The molecule has 5 heteroatoms. The summed E-state index contributed by atoms with van der Waals surface area (Å²) in [5.74, 6) is 0.